The lowest BCUT2D eigenvalue weighted by molar-refractivity contribution is -0.125. The number of benzene rings is 2. The zero-order chi connectivity index (χ0) is 13.0. The smallest absolute Gasteiger partial charge is 0.245 e. The SMILES string of the molecule is NC(=O)CONCc1c(O)ccc2ccccc12. The van der Waals surface area contributed by atoms with Crippen molar-refractivity contribution in [1.29, 1.82) is 0 Å². The molecule has 1 amide bonds. The quantitative estimate of drug-likeness (QED) is 0.544. The van der Waals surface area contributed by atoms with E-state index in [1.807, 2.05) is 30.3 Å². The molecule has 18 heavy (non-hydrogen) atoms. The number of phenolic OH excluding ortho intramolecular Hbond substituents is 1. The number of hydrogen-bond donors (Lipinski definition) is 3. The molecule has 2 rings (SSSR count). The summed E-state index contributed by atoms with van der Waals surface area (Å²) in [6, 6.07) is 11.2. The van der Waals surface area contributed by atoms with Crippen molar-refractivity contribution in [3.63, 3.8) is 0 Å². The molecule has 0 unspecified atom stereocenters. The number of fused-ring (bicyclic) bond motifs is 1. The topological polar surface area (TPSA) is 84.6 Å². The zero-order valence-electron chi connectivity index (χ0n) is 9.72. The molecule has 0 saturated carbocycles. The standard InChI is InChI=1S/C13H14N2O3/c14-13(17)8-18-15-7-11-10-4-2-1-3-9(10)5-6-12(11)16/h1-6,15-16H,7-8H2,(H2,14,17). The van der Waals surface area contributed by atoms with Crippen LogP contribution in [0.5, 0.6) is 5.75 Å². The summed E-state index contributed by atoms with van der Waals surface area (Å²) >= 11 is 0. The van der Waals surface area contributed by atoms with Crippen molar-refractivity contribution >= 4 is 16.7 Å². The fourth-order valence-electron chi connectivity index (χ4n) is 1.76. The molecule has 0 aliphatic rings. The average Bonchev–Trinajstić information content (AvgIpc) is 2.36. The van der Waals surface area contributed by atoms with Gasteiger partial charge in [0.15, 0.2) is 0 Å². The van der Waals surface area contributed by atoms with Crippen LogP contribution in [0.3, 0.4) is 0 Å². The number of aromatic hydroxyl groups is 1. The Morgan fingerprint density at radius 3 is 2.83 bits per heavy atom. The Morgan fingerprint density at radius 2 is 2.06 bits per heavy atom. The number of amides is 1. The van der Waals surface area contributed by atoms with Crippen molar-refractivity contribution in [3.8, 4) is 5.75 Å². The van der Waals surface area contributed by atoms with Crippen molar-refractivity contribution in [2.45, 2.75) is 6.54 Å². The number of hydrogen-bond acceptors (Lipinski definition) is 4. The number of phenols is 1. The highest BCUT2D eigenvalue weighted by atomic mass is 16.6. The van der Waals surface area contributed by atoms with Crippen LogP contribution >= 0.6 is 0 Å². The third kappa shape index (κ3) is 2.77. The van der Waals surface area contributed by atoms with Crippen molar-refractivity contribution in [2.75, 3.05) is 6.61 Å². The van der Waals surface area contributed by atoms with E-state index < -0.39 is 5.91 Å². The third-order valence-corrected chi connectivity index (χ3v) is 2.58. The zero-order valence-corrected chi connectivity index (χ0v) is 9.72. The van der Waals surface area contributed by atoms with Crippen LogP contribution in [-0.2, 0) is 16.2 Å². The normalized spacial score (nSPS) is 10.7. The van der Waals surface area contributed by atoms with Gasteiger partial charge in [0, 0.05) is 5.56 Å². The molecule has 0 heterocycles. The first-order valence-corrected chi connectivity index (χ1v) is 5.51. The lowest BCUT2D eigenvalue weighted by Gasteiger charge is -2.10. The Hall–Kier alpha value is -2.11. The molecular weight excluding hydrogens is 232 g/mol. The van der Waals surface area contributed by atoms with Crippen molar-refractivity contribution in [1.82, 2.24) is 5.48 Å². The van der Waals surface area contributed by atoms with Gasteiger partial charge in [0.1, 0.15) is 12.4 Å². The molecule has 5 heteroatoms. The number of nitrogens with one attached hydrogen (secondary N) is 1. The van der Waals surface area contributed by atoms with Crippen molar-refractivity contribution in [3.05, 3.63) is 42.0 Å². The van der Waals surface area contributed by atoms with E-state index in [4.69, 9.17) is 10.6 Å². The second-order valence-electron chi connectivity index (χ2n) is 3.86. The summed E-state index contributed by atoms with van der Waals surface area (Å²) in [5, 5.41) is 11.8. The molecule has 2 aromatic carbocycles. The number of carbonyl (C=O) groups excluding carboxylic acids is 1. The molecular formula is C13H14N2O3. The van der Waals surface area contributed by atoms with Crippen LogP contribution in [0, 0.1) is 0 Å². The molecule has 0 fully saturated rings. The second-order valence-corrected chi connectivity index (χ2v) is 3.86. The number of carbonyl (C=O) groups is 1. The molecule has 0 bridgehead atoms. The van der Waals surface area contributed by atoms with E-state index in [2.05, 4.69) is 5.48 Å². The number of primary amides is 1. The van der Waals surface area contributed by atoms with E-state index in [0.717, 1.165) is 16.3 Å². The van der Waals surface area contributed by atoms with Gasteiger partial charge in [-0.1, -0.05) is 30.3 Å². The first-order chi connectivity index (χ1) is 8.68. The third-order valence-electron chi connectivity index (χ3n) is 2.58. The minimum Gasteiger partial charge on any atom is -0.508 e. The predicted octanol–water partition coefficient (Wildman–Crippen LogP) is 1.05. The first kappa shape index (κ1) is 12.3. The Morgan fingerprint density at radius 1 is 1.28 bits per heavy atom. The Labute approximate surface area is 104 Å². The largest absolute Gasteiger partial charge is 0.508 e. The highest BCUT2D eigenvalue weighted by Gasteiger charge is 2.06. The summed E-state index contributed by atoms with van der Waals surface area (Å²) in [5.74, 6) is -0.367. The van der Waals surface area contributed by atoms with Crippen LogP contribution < -0.4 is 11.2 Å². The maximum atomic E-state index is 10.5. The van der Waals surface area contributed by atoms with Crippen LogP contribution in [0.4, 0.5) is 0 Å². The minimum absolute atomic E-state index is 0.184. The van der Waals surface area contributed by atoms with Crippen molar-refractivity contribution in [2.24, 2.45) is 5.73 Å². The minimum atomic E-state index is -0.551. The van der Waals surface area contributed by atoms with E-state index in [9.17, 15) is 9.90 Å². The fourth-order valence-corrected chi connectivity index (χ4v) is 1.76. The predicted molar refractivity (Wildman–Crippen MR) is 67.6 cm³/mol. The molecule has 5 nitrogen and oxygen atoms in total. The Bertz CT molecular complexity index is 569. The van der Waals surface area contributed by atoms with Crippen LogP contribution in [0.25, 0.3) is 10.8 Å². The van der Waals surface area contributed by atoms with E-state index in [1.165, 1.54) is 0 Å². The molecule has 4 N–H and O–H groups in total. The first-order valence-electron chi connectivity index (χ1n) is 5.51. The summed E-state index contributed by atoms with van der Waals surface area (Å²) in [4.78, 5) is 15.4. The summed E-state index contributed by atoms with van der Waals surface area (Å²) < 4.78 is 0. The van der Waals surface area contributed by atoms with Crippen LogP contribution in [0.15, 0.2) is 36.4 Å². The Balaban J connectivity index is 2.16. The molecule has 94 valence electrons. The molecule has 0 aliphatic carbocycles. The molecule has 0 radical (unpaired) electrons. The second kappa shape index (κ2) is 5.48. The highest BCUT2D eigenvalue weighted by molar-refractivity contribution is 5.87. The summed E-state index contributed by atoms with van der Waals surface area (Å²) in [6.07, 6.45) is 0. The molecule has 2 aromatic rings. The maximum absolute atomic E-state index is 10.5. The highest BCUT2D eigenvalue weighted by Crippen LogP contribution is 2.26. The van der Waals surface area contributed by atoms with Gasteiger partial charge in [-0.15, -0.1) is 0 Å². The van der Waals surface area contributed by atoms with E-state index in [0.29, 0.717) is 6.54 Å². The van der Waals surface area contributed by atoms with Gasteiger partial charge in [0.25, 0.3) is 0 Å². The lowest BCUT2D eigenvalue weighted by atomic mass is 10.0. The number of hydroxylamine groups is 1. The van der Waals surface area contributed by atoms with Gasteiger partial charge in [0.2, 0.25) is 5.91 Å². The van der Waals surface area contributed by atoms with Crippen molar-refractivity contribution < 1.29 is 14.7 Å². The Kier molecular flexibility index (Phi) is 3.76. The van der Waals surface area contributed by atoms with E-state index in [1.54, 1.807) is 6.07 Å². The average molecular weight is 246 g/mol. The number of nitrogens with two attached hydrogens (primary N) is 1. The summed E-state index contributed by atoms with van der Waals surface area (Å²) in [7, 11) is 0. The van der Waals surface area contributed by atoms with Crippen LogP contribution in [0.2, 0.25) is 0 Å². The van der Waals surface area contributed by atoms with Crippen LogP contribution in [-0.4, -0.2) is 17.6 Å². The fraction of sp³-hybridized carbons (Fsp3) is 0.154. The maximum Gasteiger partial charge on any atom is 0.245 e. The van der Waals surface area contributed by atoms with Gasteiger partial charge in [-0.3, -0.25) is 9.63 Å². The molecule has 0 atom stereocenters. The molecule has 0 aliphatic heterocycles. The molecule has 0 saturated heterocycles. The summed E-state index contributed by atoms with van der Waals surface area (Å²) in [5.41, 5.74) is 8.26. The lowest BCUT2D eigenvalue weighted by Crippen LogP contribution is -2.24. The summed E-state index contributed by atoms with van der Waals surface area (Å²) in [6.45, 7) is 0.0893. The molecule has 0 aromatic heterocycles. The van der Waals surface area contributed by atoms with Gasteiger partial charge in [-0.05, 0) is 16.8 Å². The van der Waals surface area contributed by atoms with Crippen LogP contribution in [0.1, 0.15) is 5.56 Å². The number of rotatable bonds is 5. The van der Waals surface area contributed by atoms with E-state index >= 15 is 0 Å². The molecule has 0 spiro atoms. The van der Waals surface area contributed by atoms with Gasteiger partial charge in [0.05, 0.1) is 6.54 Å². The van der Waals surface area contributed by atoms with Gasteiger partial charge < -0.3 is 10.8 Å². The monoisotopic (exact) mass is 246 g/mol. The van der Waals surface area contributed by atoms with Gasteiger partial charge in [-0.25, -0.2) is 0 Å². The van der Waals surface area contributed by atoms with Gasteiger partial charge >= 0.3 is 0 Å². The van der Waals surface area contributed by atoms with E-state index in [-0.39, 0.29) is 12.4 Å². The van der Waals surface area contributed by atoms with Gasteiger partial charge in [-0.2, -0.15) is 5.48 Å².